The van der Waals surface area contributed by atoms with Gasteiger partial charge in [0.15, 0.2) is 0 Å². The quantitative estimate of drug-likeness (QED) is 0.190. The second-order valence-corrected chi connectivity index (χ2v) is 13.7. The maximum absolute atomic E-state index is 6.49. The maximum atomic E-state index is 6.49. The van der Waals surface area contributed by atoms with Gasteiger partial charge in [-0.15, -0.1) is 0 Å². The molecule has 0 unspecified atom stereocenters. The van der Waals surface area contributed by atoms with E-state index in [2.05, 4.69) is 120 Å². The zero-order chi connectivity index (χ0) is 32.2. The molecule has 0 saturated carbocycles. The summed E-state index contributed by atoms with van der Waals surface area (Å²) in [7, 11) is 0. The van der Waals surface area contributed by atoms with Crippen molar-refractivity contribution < 1.29 is 4.74 Å². The summed E-state index contributed by atoms with van der Waals surface area (Å²) in [6.07, 6.45) is 5.97. The third-order valence-electron chi connectivity index (χ3n) is 8.82. The number of ether oxygens (including phenoxy) is 1. The van der Waals surface area contributed by atoms with Gasteiger partial charge in [0.1, 0.15) is 17.3 Å². The molecule has 3 heterocycles. The van der Waals surface area contributed by atoms with Crippen LogP contribution in [0.1, 0.15) is 62.8 Å². The predicted molar refractivity (Wildman–Crippen MR) is 190 cm³/mol. The van der Waals surface area contributed by atoms with Crippen LogP contribution in [0, 0.1) is 13.8 Å². The van der Waals surface area contributed by atoms with Crippen molar-refractivity contribution >= 4 is 21.8 Å². The molecule has 0 amide bonds. The molecule has 4 aromatic carbocycles. The van der Waals surface area contributed by atoms with Crippen LogP contribution in [0.4, 0.5) is 0 Å². The van der Waals surface area contributed by atoms with Crippen LogP contribution in [0.2, 0.25) is 0 Å². The van der Waals surface area contributed by atoms with E-state index in [1.165, 1.54) is 33.2 Å². The molecular formula is C41H40N4O. The number of para-hydroxylation sites is 1. The molecule has 5 heteroatoms. The summed E-state index contributed by atoms with van der Waals surface area (Å²) in [6, 6.07) is 31.7. The Balaban J connectivity index is 1.23. The van der Waals surface area contributed by atoms with Crippen molar-refractivity contribution in [3.63, 3.8) is 0 Å². The summed E-state index contributed by atoms with van der Waals surface area (Å²) < 4.78 is 10.6. The molecule has 7 rings (SSSR count). The third kappa shape index (κ3) is 5.36. The van der Waals surface area contributed by atoms with Crippen LogP contribution in [0.15, 0.2) is 110 Å². The van der Waals surface area contributed by atoms with E-state index in [9.17, 15) is 0 Å². The highest BCUT2D eigenvalue weighted by Crippen LogP contribution is 2.38. The first kappa shape index (κ1) is 29.5. The summed E-state index contributed by atoms with van der Waals surface area (Å²) >= 11 is 0. The average molecular weight is 605 g/mol. The van der Waals surface area contributed by atoms with Gasteiger partial charge in [0.25, 0.3) is 0 Å². The fourth-order valence-corrected chi connectivity index (χ4v) is 6.42. The van der Waals surface area contributed by atoms with E-state index in [4.69, 9.17) is 14.8 Å². The molecule has 0 N–H and O–H groups in total. The van der Waals surface area contributed by atoms with Crippen molar-refractivity contribution in [2.45, 2.75) is 59.8 Å². The topological polar surface area (TPSA) is 44.9 Å². The van der Waals surface area contributed by atoms with Crippen molar-refractivity contribution in [1.29, 1.82) is 0 Å². The lowest BCUT2D eigenvalue weighted by atomic mass is 9.80. The maximum Gasteiger partial charge on any atom is 0.137 e. The third-order valence-corrected chi connectivity index (χ3v) is 8.82. The van der Waals surface area contributed by atoms with Gasteiger partial charge in [-0.05, 0) is 95.5 Å². The minimum Gasteiger partial charge on any atom is -0.457 e. The molecule has 230 valence electrons. The highest BCUT2D eigenvalue weighted by molar-refractivity contribution is 6.09. The number of pyridine rings is 1. The standard InChI is InChI=1S/C41H40N4O/c1-26(2)36-21-30(41(5,6)7)20-28(4)40(36)29-24-43-44(25-29)31-11-10-12-32(22-31)46-33-15-16-35-34-13-8-9-14-37(34)45(38(35)23-33)39-19-27(3)17-18-42-39/h8-26H,1-7H3. The molecule has 0 aliphatic heterocycles. The van der Waals surface area contributed by atoms with Crippen molar-refractivity contribution in [3.8, 4) is 34.1 Å². The fourth-order valence-electron chi connectivity index (χ4n) is 6.42. The van der Waals surface area contributed by atoms with Gasteiger partial charge in [-0.1, -0.05) is 71.0 Å². The van der Waals surface area contributed by atoms with Gasteiger partial charge in [-0.3, -0.25) is 4.57 Å². The number of hydrogen-bond donors (Lipinski definition) is 0. The predicted octanol–water partition coefficient (Wildman–Crippen LogP) is 10.9. The number of fused-ring (bicyclic) bond motifs is 3. The highest BCUT2D eigenvalue weighted by Gasteiger charge is 2.21. The zero-order valence-electron chi connectivity index (χ0n) is 27.7. The molecular weight excluding hydrogens is 564 g/mol. The van der Waals surface area contributed by atoms with Crippen LogP contribution < -0.4 is 4.74 Å². The lowest BCUT2D eigenvalue weighted by molar-refractivity contribution is 0.483. The Morgan fingerprint density at radius 1 is 0.761 bits per heavy atom. The molecule has 0 fully saturated rings. The summed E-state index contributed by atoms with van der Waals surface area (Å²) in [5.74, 6) is 2.80. The minimum atomic E-state index is 0.0934. The number of aromatic nitrogens is 4. The number of nitrogens with zero attached hydrogens (tertiary/aromatic N) is 4. The molecule has 5 nitrogen and oxygen atoms in total. The van der Waals surface area contributed by atoms with Crippen molar-refractivity contribution in [1.82, 2.24) is 19.3 Å². The number of rotatable bonds is 6. The molecule has 46 heavy (non-hydrogen) atoms. The Morgan fingerprint density at radius 3 is 2.33 bits per heavy atom. The molecule has 0 atom stereocenters. The molecule has 0 radical (unpaired) electrons. The molecule has 0 aliphatic carbocycles. The molecule has 3 aromatic heterocycles. The number of benzene rings is 4. The smallest absolute Gasteiger partial charge is 0.137 e. The fraction of sp³-hybridized carbons (Fsp3) is 0.220. The summed E-state index contributed by atoms with van der Waals surface area (Å²) in [5, 5.41) is 7.14. The van der Waals surface area contributed by atoms with Crippen molar-refractivity contribution in [3.05, 3.63) is 132 Å². The average Bonchev–Trinajstić information content (AvgIpc) is 3.63. The Hall–Kier alpha value is -5.16. The van der Waals surface area contributed by atoms with Crippen LogP contribution in [0.5, 0.6) is 11.5 Å². The Kier molecular flexibility index (Phi) is 7.28. The second kappa shape index (κ2) is 11.3. The SMILES string of the molecule is Cc1ccnc(-n2c3ccccc3c3ccc(Oc4cccc(-n5cc(-c6c(C)cc(C(C)(C)C)cc6C(C)C)cn5)c4)cc32)c1. The van der Waals surface area contributed by atoms with Gasteiger partial charge in [-0.2, -0.15) is 5.10 Å². The van der Waals surface area contributed by atoms with E-state index in [1.807, 2.05) is 47.4 Å². The van der Waals surface area contributed by atoms with Crippen molar-refractivity contribution in [2.24, 2.45) is 0 Å². The number of hydrogen-bond acceptors (Lipinski definition) is 3. The summed E-state index contributed by atoms with van der Waals surface area (Å²) in [6.45, 7) is 15.7. The van der Waals surface area contributed by atoms with Crippen LogP contribution in [-0.2, 0) is 5.41 Å². The second-order valence-electron chi connectivity index (χ2n) is 13.7. The first-order valence-electron chi connectivity index (χ1n) is 16.0. The van der Waals surface area contributed by atoms with Crippen LogP contribution in [-0.4, -0.2) is 19.3 Å². The van der Waals surface area contributed by atoms with Gasteiger partial charge in [0, 0.05) is 40.9 Å². The van der Waals surface area contributed by atoms with E-state index >= 15 is 0 Å². The molecule has 0 aliphatic rings. The minimum absolute atomic E-state index is 0.0934. The molecule has 0 saturated heterocycles. The van der Waals surface area contributed by atoms with Gasteiger partial charge in [0.2, 0.25) is 0 Å². The summed E-state index contributed by atoms with van der Waals surface area (Å²) in [5.41, 5.74) is 10.8. The Morgan fingerprint density at radius 2 is 1.54 bits per heavy atom. The highest BCUT2D eigenvalue weighted by atomic mass is 16.5. The van der Waals surface area contributed by atoms with E-state index in [-0.39, 0.29) is 5.41 Å². The Labute approximate surface area is 271 Å². The lowest BCUT2D eigenvalue weighted by Gasteiger charge is -2.24. The number of aryl methyl sites for hydroxylation is 2. The van der Waals surface area contributed by atoms with Crippen LogP contribution in [0.3, 0.4) is 0 Å². The van der Waals surface area contributed by atoms with Gasteiger partial charge in [-0.25, -0.2) is 9.67 Å². The largest absolute Gasteiger partial charge is 0.457 e. The monoisotopic (exact) mass is 604 g/mol. The molecule has 7 aromatic rings. The van der Waals surface area contributed by atoms with Crippen molar-refractivity contribution in [2.75, 3.05) is 0 Å². The van der Waals surface area contributed by atoms with E-state index < -0.39 is 0 Å². The lowest BCUT2D eigenvalue weighted by Crippen LogP contribution is -2.13. The van der Waals surface area contributed by atoms with Crippen LogP contribution in [0.25, 0.3) is 44.4 Å². The zero-order valence-corrected chi connectivity index (χ0v) is 27.7. The first-order chi connectivity index (χ1) is 22.1. The van der Waals surface area contributed by atoms with Gasteiger partial charge in [0.05, 0.1) is 22.9 Å². The van der Waals surface area contributed by atoms with E-state index in [0.29, 0.717) is 5.92 Å². The molecule has 0 spiro atoms. The normalized spacial score (nSPS) is 12.0. The Bertz CT molecular complexity index is 2230. The van der Waals surface area contributed by atoms with Gasteiger partial charge >= 0.3 is 0 Å². The van der Waals surface area contributed by atoms with Gasteiger partial charge < -0.3 is 4.74 Å². The van der Waals surface area contributed by atoms with E-state index in [1.54, 1.807) is 0 Å². The van der Waals surface area contributed by atoms with Crippen LogP contribution >= 0.6 is 0 Å². The first-order valence-corrected chi connectivity index (χ1v) is 16.0. The molecule has 0 bridgehead atoms. The summed E-state index contributed by atoms with van der Waals surface area (Å²) in [4.78, 5) is 4.71. The van der Waals surface area contributed by atoms with E-state index in [0.717, 1.165) is 45.0 Å².